The molecule has 7 nitrogen and oxygen atoms in total. The van der Waals surface area contributed by atoms with E-state index in [-0.39, 0.29) is 16.5 Å². The third-order valence-corrected chi connectivity index (χ3v) is 4.82. The molecule has 1 amide bonds. The topological polar surface area (TPSA) is 78.7 Å². The predicted octanol–water partition coefficient (Wildman–Crippen LogP) is 3.12. The molecule has 1 aliphatic heterocycles. The molecular formula is C18H19BrN4O3. The summed E-state index contributed by atoms with van der Waals surface area (Å²) in [5.41, 5.74) is 1.52. The molecule has 1 saturated heterocycles. The number of anilines is 2. The second-order valence-electron chi connectivity index (χ2n) is 6.06. The van der Waals surface area contributed by atoms with E-state index in [1.807, 2.05) is 29.2 Å². The molecule has 2 aromatic carbocycles. The lowest BCUT2D eigenvalue weighted by molar-refractivity contribution is -0.384. The lowest BCUT2D eigenvalue weighted by atomic mass is 10.2. The van der Waals surface area contributed by atoms with E-state index < -0.39 is 0 Å². The molecule has 0 radical (unpaired) electrons. The number of nitro groups is 1. The van der Waals surface area contributed by atoms with E-state index in [0.29, 0.717) is 38.4 Å². The number of hydrogen-bond donors (Lipinski definition) is 1. The molecule has 3 rings (SSSR count). The first-order valence-corrected chi connectivity index (χ1v) is 9.08. The number of carbonyl (C=O) groups excluding carboxylic acids is 1. The van der Waals surface area contributed by atoms with Gasteiger partial charge in [0.25, 0.3) is 5.69 Å². The van der Waals surface area contributed by atoms with Crippen LogP contribution in [-0.4, -0.2) is 48.5 Å². The summed E-state index contributed by atoms with van der Waals surface area (Å²) < 4.78 is 0.960. The van der Waals surface area contributed by atoms with Crippen molar-refractivity contribution in [2.75, 3.05) is 42.9 Å². The minimum Gasteiger partial charge on any atom is -0.363 e. The molecule has 2 aromatic rings. The average Bonchev–Trinajstić information content (AvgIpc) is 2.64. The Morgan fingerprint density at radius 2 is 1.73 bits per heavy atom. The molecule has 0 bridgehead atoms. The number of para-hydroxylation sites is 2. The summed E-state index contributed by atoms with van der Waals surface area (Å²) in [6.07, 6.45) is 0. The Morgan fingerprint density at radius 3 is 2.38 bits per heavy atom. The molecule has 1 aliphatic rings. The lowest BCUT2D eigenvalue weighted by Crippen LogP contribution is -2.48. The highest BCUT2D eigenvalue weighted by molar-refractivity contribution is 9.10. The van der Waals surface area contributed by atoms with Crippen LogP contribution in [0.5, 0.6) is 0 Å². The van der Waals surface area contributed by atoms with Crippen LogP contribution in [0.2, 0.25) is 0 Å². The Labute approximate surface area is 159 Å². The summed E-state index contributed by atoms with van der Waals surface area (Å²) in [4.78, 5) is 27.1. The number of amides is 1. The molecule has 0 atom stereocenters. The van der Waals surface area contributed by atoms with Crippen molar-refractivity contribution in [2.45, 2.75) is 0 Å². The van der Waals surface area contributed by atoms with Gasteiger partial charge in [-0.2, -0.15) is 0 Å². The molecule has 136 valence electrons. The van der Waals surface area contributed by atoms with Gasteiger partial charge in [-0.1, -0.05) is 28.1 Å². The molecule has 0 aliphatic carbocycles. The number of carbonyl (C=O) groups is 1. The zero-order valence-electron chi connectivity index (χ0n) is 14.1. The first-order chi connectivity index (χ1) is 12.5. The van der Waals surface area contributed by atoms with Gasteiger partial charge in [0.15, 0.2) is 0 Å². The number of nitrogens with one attached hydrogen (secondary N) is 1. The normalized spacial score (nSPS) is 14.9. The highest BCUT2D eigenvalue weighted by Gasteiger charge is 2.24. The minimum atomic E-state index is -0.354. The van der Waals surface area contributed by atoms with Crippen LogP contribution in [-0.2, 0) is 4.79 Å². The van der Waals surface area contributed by atoms with Crippen molar-refractivity contribution in [3.63, 3.8) is 0 Å². The third kappa shape index (κ3) is 4.59. The number of nitrogens with zero attached hydrogens (tertiary/aromatic N) is 3. The fourth-order valence-electron chi connectivity index (χ4n) is 2.97. The molecule has 1 N–H and O–H groups in total. The van der Waals surface area contributed by atoms with Gasteiger partial charge in [0.1, 0.15) is 5.69 Å². The molecule has 1 fully saturated rings. The average molecular weight is 419 g/mol. The summed E-state index contributed by atoms with van der Waals surface area (Å²) in [6.45, 7) is 2.97. The zero-order chi connectivity index (χ0) is 18.5. The first kappa shape index (κ1) is 18.3. The zero-order valence-corrected chi connectivity index (χ0v) is 15.7. The van der Waals surface area contributed by atoms with E-state index in [1.54, 1.807) is 18.2 Å². The highest BCUT2D eigenvalue weighted by atomic mass is 79.9. The highest BCUT2D eigenvalue weighted by Crippen LogP contribution is 2.28. The lowest BCUT2D eigenvalue weighted by Gasteiger charge is -2.35. The molecule has 1 heterocycles. The van der Waals surface area contributed by atoms with Gasteiger partial charge in [-0.3, -0.25) is 19.8 Å². The summed E-state index contributed by atoms with van der Waals surface area (Å²) >= 11 is 3.36. The predicted molar refractivity (Wildman–Crippen MR) is 105 cm³/mol. The van der Waals surface area contributed by atoms with Crippen LogP contribution in [0.4, 0.5) is 17.1 Å². The first-order valence-electron chi connectivity index (χ1n) is 8.29. The van der Waals surface area contributed by atoms with Crippen molar-refractivity contribution in [3.05, 3.63) is 63.1 Å². The van der Waals surface area contributed by atoms with Crippen LogP contribution in [0.3, 0.4) is 0 Å². The van der Waals surface area contributed by atoms with E-state index in [9.17, 15) is 14.9 Å². The molecule has 0 saturated carbocycles. The van der Waals surface area contributed by atoms with Gasteiger partial charge in [0.05, 0.1) is 11.5 Å². The van der Waals surface area contributed by atoms with Gasteiger partial charge < -0.3 is 10.2 Å². The monoisotopic (exact) mass is 418 g/mol. The van der Waals surface area contributed by atoms with E-state index in [0.717, 1.165) is 10.2 Å². The second kappa shape index (κ2) is 8.29. The smallest absolute Gasteiger partial charge is 0.292 e. The molecule has 0 aromatic heterocycles. The number of piperazine rings is 1. The molecule has 8 heteroatoms. The largest absolute Gasteiger partial charge is 0.363 e. The van der Waals surface area contributed by atoms with Crippen molar-refractivity contribution in [2.24, 2.45) is 0 Å². The Kier molecular flexibility index (Phi) is 5.85. The van der Waals surface area contributed by atoms with Crippen LogP contribution in [0.15, 0.2) is 53.0 Å². The van der Waals surface area contributed by atoms with Crippen LogP contribution in [0.25, 0.3) is 0 Å². The minimum absolute atomic E-state index is 0.0635. The number of hydrogen-bond acceptors (Lipinski definition) is 5. The van der Waals surface area contributed by atoms with Crippen molar-refractivity contribution in [1.82, 2.24) is 4.90 Å². The molecule has 26 heavy (non-hydrogen) atoms. The number of halogens is 1. The maximum Gasteiger partial charge on any atom is 0.292 e. The van der Waals surface area contributed by atoms with E-state index in [4.69, 9.17) is 0 Å². The fourth-order valence-corrected chi connectivity index (χ4v) is 3.23. The van der Waals surface area contributed by atoms with Crippen molar-refractivity contribution >= 4 is 38.9 Å². The SMILES string of the molecule is O=C(CN1CCN(c2ccccc2[N+](=O)[O-])CC1)Nc1ccc(Br)cc1. The Bertz CT molecular complexity index is 789. The standard InChI is InChI=1S/C18H19BrN4O3/c19-14-5-7-15(8-6-14)20-18(24)13-21-9-11-22(12-10-21)16-3-1-2-4-17(16)23(25)26/h1-8H,9-13H2,(H,20,24). The van der Waals surface area contributed by atoms with Crippen LogP contribution in [0.1, 0.15) is 0 Å². The van der Waals surface area contributed by atoms with Gasteiger partial charge in [-0.05, 0) is 30.3 Å². The Hall–Kier alpha value is -2.45. The van der Waals surface area contributed by atoms with E-state index in [1.165, 1.54) is 6.07 Å². The molecular weight excluding hydrogens is 400 g/mol. The quantitative estimate of drug-likeness (QED) is 0.595. The van der Waals surface area contributed by atoms with Crippen LogP contribution in [0, 0.1) is 10.1 Å². The summed E-state index contributed by atoms with van der Waals surface area (Å²) in [5.74, 6) is -0.0635. The number of nitro benzene ring substituents is 1. The van der Waals surface area contributed by atoms with Gasteiger partial charge in [0, 0.05) is 42.4 Å². The summed E-state index contributed by atoms with van der Waals surface area (Å²) in [6, 6.07) is 14.2. The molecule has 0 spiro atoms. The Morgan fingerprint density at radius 1 is 1.08 bits per heavy atom. The van der Waals surface area contributed by atoms with Gasteiger partial charge in [0.2, 0.25) is 5.91 Å². The summed E-state index contributed by atoms with van der Waals surface area (Å²) in [7, 11) is 0. The van der Waals surface area contributed by atoms with Gasteiger partial charge in [-0.25, -0.2) is 0 Å². The van der Waals surface area contributed by atoms with E-state index in [2.05, 4.69) is 26.1 Å². The van der Waals surface area contributed by atoms with Gasteiger partial charge >= 0.3 is 0 Å². The summed E-state index contributed by atoms with van der Waals surface area (Å²) in [5, 5.41) is 14.1. The Balaban J connectivity index is 1.53. The number of benzene rings is 2. The van der Waals surface area contributed by atoms with Gasteiger partial charge in [-0.15, -0.1) is 0 Å². The number of rotatable bonds is 5. The maximum absolute atomic E-state index is 12.2. The van der Waals surface area contributed by atoms with Crippen molar-refractivity contribution < 1.29 is 9.72 Å². The third-order valence-electron chi connectivity index (χ3n) is 4.29. The fraction of sp³-hybridized carbons (Fsp3) is 0.278. The van der Waals surface area contributed by atoms with Crippen molar-refractivity contribution in [3.8, 4) is 0 Å². The second-order valence-corrected chi connectivity index (χ2v) is 6.98. The van der Waals surface area contributed by atoms with Crippen LogP contribution < -0.4 is 10.2 Å². The van der Waals surface area contributed by atoms with Crippen LogP contribution >= 0.6 is 15.9 Å². The van der Waals surface area contributed by atoms with E-state index >= 15 is 0 Å². The maximum atomic E-state index is 12.2. The van der Waals surface area contributed by atoms with Crippen molar-refractivity contribution in [1.29, 1.82) is 0 Å². The molecule has 0 unspecified atom stereocenters.